The maximum absolute atomic E-state index is 11.4. The molecule has 14 heavy (non-hydrogen) atoms. The van der Waals surface area contributed by atoms with Crippen LogP contribution in [0.25, 0.3) is 0 Å². The zero-order valence-electron chi connectivity index (χ0n) is 8.79. The molecule has 0 saturated heterocycles. The van der Waals surface area contributed by atoms with Crippen molar-refractivity contribution in [3.8, 4) is 0 Å². The molecule has 1 aliphatic carbocycles. The summed E-state index contributed by atoms with van der Waals surface area (Å²) < 4.78 is 4.84. The lowest BCUT2D eigenvalue weighted by Crippen LogP contribution is -2.49. The van der Waals surface area contributed by atoms with Crippen molar-refractivity contribution >= 4 is 5.91 Å². The molecule has 0 unspecified atom stereocenters. The van der Waals surface area contributed by atoms with Gasteiger partial charge in [-0.1, -0.05) is 12.8 Å². The molecule has 0 bridgehead atoms. The molecule has 82 valence electrons. The van der Waals surface area contributed by atoms with Gasteiger partial charge in [0.25, 0.3) is 0 Å². The minimum absolute atomic E-state index is 0.0502. The number of nitrogens with one attached hydrogen (secondary N) is 1. The molecule has 1 fully saturated rings. The number of ether oxygens (including phenoxy) is 1. The highest BCUT2D eigenvalue weighted by atomic mass is 16.5. The van der Waals surface area contributed by atoms with E-state index in [1.165, 1.54) is 12.8 Å². The zero-order chi connectivity index (χ0) is 10.4. The van der Waals surface area contributed by atoms with Gasteiger partial charge in [-0.3, -0.25) is 4.79 Å². The van der Waals surface area contributed by atoms with Crippen LogP contribution < -0.4 is 11.1 Å². The molecule has 0 aromatic heterocycles. The number of rotatable bonds is 4. The molecule has 0 aromatic carbocycles. The lowest BCUT2D eigenvalue weighted by atomic mass is 9.91. The lowest BCUT2D eigenvalue weighted by Gasteiger charge is -2.29. The third kappa shape index (κ3) is 3.64. The van der Waals surface area contributed by atoms with Gasteiger partial charge in [0.2, 0.25) is 5.91 Å². The fourth-order valence-corrected chi connectivity index (χ4v) is 1.81. The SMILES string of the molecule is COCCC(=O)N[C@@H]1CCCC[C@H]1N. The number of carbonyl (C=O) groups excluding carboxylic acids is 1. The lowest BCUT2D eigenvalue weighted by molar-refractivity contribution is -0.123. The van der Waals surface area contributed by atoms with E-state index < -0.39 is 0 Å². The van der Waals surface area contributed by atoms with Crippen molar-refractivity contribution in [2.75, 3.05) is 13.7 Å². The molecule has 0 radical (unpaired) electrons. The molecule has 3 N–H and O–H groups in total. The molecule has 1 rings (SSSR count). The predicted molar refractivity (Wildman–Crippen MR) is 54.9 cm³/mol. The van der Waals surface area contributed by atoms with Crippen molar-refractivity contribution in [2.24, 2.45) is 5.73 Å². The third-order valence-electron chi connectivity index (χ3n) is 2.70. The van der Waals surface area contributed by atoms with E-state index in [-0.39, 0.29) is 18.0 Å². The van der Waals surface area contributed by atoms with Gasteiger partial charge in [0.1, 0.15) is 0 Å². The van der Waals surface area contributed by atoms with E-state index in [9.17, 15) is 4.79 Å². The van der Waals surface area contributed by atoms with E-state index in [1.54, 1.807) is 7.11 Å². The van der Waals surface area contributed by atoms with E-state index in [1.807, 2.05) is 0 Å². The van der Waals surface area contributed by atoms with Gasteiger partial charge in [-0.2, -0.15) is 0 Å². The molecule has 1 amide bonds. The largest absolute Gasteiger partial charge is 0.384 e. The van der Waals surface area contributed by atoms with Gasteiger partial charge in [0, 0.05) is 25.6 Å². The molecular formula is C10H20N2O2. The fraction of sp³-hybridized carbons (Fsp3) is 0.900. The van der Waals surface area contributed by atoms with E-state index in [2.05, 4.69) is 5.32 Å². The van der Waals surface area contributed by atoms with Crippen LogP contribution in [0.15, 0.2) is 0 Å². The second-order valence-electron chi connectivity index (χ2n) is 3.87. The Morgan fingerprint density at radius 3 is 2.86 bits per heavy atom. The molecule has 4 heteroatoms. The second kappa shape index (κ2) is 5.98. The first-order valence-electron chi connectivity index (χ1n) is 5.28. The van der Waals surface area contributed by atoms with Gasteiger partial charge >= 0.3 is 0 Å². The Hall–Kier alpha value is -0.610. The Labute approximate surface area is 85.2 Å². The van der Waals surface area contributed by atoms with Gasteiger partial charge in [-0.05, 0) is 12.8 Å². The number of hydrogen-bond donors (Lipinski definition) is 2. The number of methoxy groups -OCH3 is 1. The summed E-state index contributed by atoms with van der Waals surface area (Å²) in [6.45, 7) is 0.480. The van der Waals surface area contributed by atoms with E-state index in [0.717, 1.165) is 12.8 Å². The third-order valence-corrected chi connectivity index (χ3v) is 2.70. The second-order valence-corrected chi connectivity index (χ2v) is 3.87. The standard InChI is InChI=1S/C10H20N2O2/c1-14-7-6-10(13)12-9-5-3-2-4-8(9)11/h8-9H,2-7,11H2,1H3,(H,12,13)/t8-,9-/m1/s1. The monoisotopic (exact) mass is 200 g/mol. The van der Waals surface area contributed by atoms with Crippen molar-refractivity contribution in [1.82, 2.24) is 5.32 Å². The molecule has 2 atom stereocenters. The van der Waals surface area contributed by atoms with Crippen LogP contribution in [-0.2, 0) is 9.53 Å². The number of carbonyl (C=O) groups is 1. The summed E-state index contributed by atoms with van der Waals surface area (Å²) in [6, 6.07) is 0.309. The first-order chi connectivity index (χ1) is 6.74. The first kappa shape index (κ1) is 11.5. The minimum atomic E-state index is 0.0502. The predicted octanol–water partition coefficient (Wildman–Crippen LogP) is 0.409. The van der Waals surface area contributed by atoms with Crippen LogP contribution >= 0.6 is 0 Å². The van der Waals surface area contributed by atoms with Crippen molar-refractivity contribution < 1.29 is 9.53 Å². The Kier molecular flexibility index (Phi) is 4.90. The summed E-state index contributed by atoms with van der Waals surface area (Å²) in [4.78, 5) is 11.4. The zero-order valence-corrected chi connectivity index (χ0v) is 8.79. The molecular weight excluding hydrogens is 180 g/mol. The van der Waals surface area contributed by atoms with Crippen LogP contribution in [-0.4, -0.2) is 31.7 Å². The minimum Gasteiger partial charge on any atom is -0.384 e. The summed E-state index contributed by atoms with van der Waals surface area (Å²) in [6.07, 6.45) is 4.82. The first-order valence-corrected chi connectivity index (χ1v) is 5.28. The smallest absolute Gasteiger partial charge is 0.222 e. The Balaban J connectivity index is 2.23. The topological polar surface area (TPSA) is 64.3 Å². The highest BCUT2D eigenvalue weighted by Gasteiger charge is 2.22. The van der Waals surface area contributed by atoms with Crippen LogP contribution in [0.3, 0.4) is 0 Å². The van der Waals surface area contributed by atoms with Gasteiger partial charge in [0.15, 0.2) is 0 Å². The molecule has 1 aliphatic rings. The molecule has 1 saturated carbocycles. The van der Waals surface area contributed by atoms with Crippen LogP contribution in [0.4, 0.5) is 0 Å². The van der Waals surface area contributed by atoms with Crippen LogP contribution in [0, 0.1) is 0 Å². The van der Waals surface area contributed by atoms with Crippen LogP contribution in [0.2, 0.25) is 0 Å². The normalized spacial score (nSPS) is 27.3. The van der Waals surface area contributed by atoms with Crippen LogP contribution in [0.1, 0.15) is 32.1 Å². The van der Waals surface area contributed by atoms with Crippen molar-refractivity contribution in [3.63, 3.8) is 0 Å². The Morgan fingerprint density at radius 2 is 2.21 bits per heavy atom. The average molecular weight is 200 g/mol. The highest BCUT2D eigenvalue weighted by molar-refractivity contribution is 5.76. The molecule has 0 aliphatic heterocycles. The van der Waals surface area contributed by atoms with Gasteiger partial charge in [-0.15, -0.1) is 0 Å². The van der Waals surface area contributed by atoms with E-state index in [0.29, 0.717) is 13.0 Å². The van der Waals surface area contributed by atoms with Crippen molar-refractivity contribution in [3.05, 3.63) is 0 Å². The molecule has 0 heterocycles. The summed E-state index contributed by atoms with van der Waals surface area (Å²) >= 11 is 0. The maximum Gasteiger partial charge on any atom is 0.222 e. The van der Waals surface area contributed by atoms with E-state index >= 15 is 0 Å². The van der Waals surface area contributed by atoms with Crippen molar-refractivity contribution in [2.45, 2.75) is 44.2 Å². The molecule has 4 nitrogen and oxygen atoms in total. The quantitative estimate of drug-likeness (QED) is 0.691. The fourth-order valence-electron chi connectivity index (χ4n) is 1.81. The highest BCUT2D eigenvalue weighted by Crippen LogP contribution is 2.16. The number of nitrogens with two attached hydrogens (primary N) is 1. The summed E-state index contributed by atoms with van der Waals surface area (Å²) in [5.41, 5.74) is 5.91. The summed E-state index contributed by atoms with van der Waals surface area (Å²) in [5.74, 6) is 0.0502. The van der Waals surface area contributed by atoms with Crippen LogP contribution in [0.5, 0.6) is 0 Å². The molecule has 0 spiro atoms. The molecule has 0 aromatic rings. The van der Waals surface area contributed by atoms with E-state index in [4.69, 9.17) is 10.5 Å². The summed E-state index contributed by atoms with van der Waals surface area (Å²) in [5, 5.41) is 2.96. The average Bonchev–Trinajstić information content (AvgIpc) is 2.18. The number of hydrogen-bond acceptors (Lipinski definition) is 3. The van der Waals surface area contributed by atoms with Gasteiger partial charge < -0.3 is 15.8 Å². The van der Waals surface area contributed by atoms with Crippen molar-refractivity contribution in [1.29, 1.82) is 0 Å². The van der Waals surface area contributed by atoms with Gasteiger partial charge in [-0.25, -0.2) is 0 Å². The summed E-state index contributed by atoms with van der Waals surface area (Å²) in [7, 11) is 1.60. The number of amides is 1. The van der Waals surface area contributed by atoms with Gasteiger partial charge in [0.05, 0.1) is 6.61 Å². The Bertz CT molecular complexity index is 185. The maximum atomic E-state index is 11.4. The Morgan fingerprint density at radius 1 is 1.50 bits per heavy atom.